The molecule has 0 amide bonds. The second kappa shape index (κ2) is 5.68. The van der Waals surface area contributed by atoms with E-state index in [1.54, 1.807) is 18.3 Å². The van der Waals surface area contributed by atoms with Crippen LogP contribution in [0.2, 0.25) is 0 Å². The number of nitrogens with zero attached hydrogens (tertiary/aromatic N) is 5. The van der Waals surface area contributed by atoms with E-state index in [0.717, 1.165) is 0 Å². The standard InChI is InChI=1S/C16H14F3N5O/c1-9(17)15-23-22-13-7-20-12(8-24(13)15)10-2-3-14(21-6-10)25-11-4-16(18,19)5-11/h2-3,6-9,11H,4-5H2,1H3. The van der Waals surface area contributed by atoms with Crippen LogP contribution in [0.1, 0.15) is 31.8 Å². The predicted octanol–water partition coefficient (Wildman–Crippen LogP) is 3.39. The Labute approximate surface area is 140 Å². The van der Waals surface area contributed by atoms with Crippen LogP contribution in [0.3, 0.4) is 0 Å². The third-order valence-electron chi connectivity index (χ3n) is 4.05. The van der Waals surface area contributed by atoms with Gasteiger partial charge in [-0.05, 0) is 13.0 Å². The van der Waals surface area contributed by atoms with E-state index in [0.29, 0.717) is 16.9 Å². The number of hydrogen-bond acceptors (Lipinski definition) is 5. The highest BCUT2D eigenvalue weighted by Crippen LogP contribution is 2.39. The smallest absolute Gasteiger partial charge is 0.255 e. The second-order valence-corrected chi connectivity index (χ2v) is 6.06. The topological polar surface area (TPSA) is 65.2 Å². The minimum atomic E-state index is -2.63. The Balaban J connectivity index is 1.55. The van der Waals surface area contributed by atoms with E-state index in [4.69, 9.17) is 4.74 Å². The Morgan fingerprint density at radius 2 is 2.00 bits per heavy atom. The third kappa shape index (κ3) is 3.01. The highest BCUT2D eigenvalue weighted by atomic mass is 19.3. The molecule has 3 aromatic rings. The fourth-order valence-electron chi connectivity index (χ4n) is 2.70. The molecule has 1 aliphatic carbocycles. The molecule has 0 spiro atoms. The summed E-state index contributed by atoms with van der Waals surface area (Å²) in [6.07, 6.45) is 2.32. The zero-order valence-corrected chi connectivity index (χ0v) is 13.2. The first-order valence-electron chi connectivity index (χ1n) is 7.77. The molecular weight excluding hydrogens is 335 g/mol. The lowest BCUT2D eigenvalue weighted by Gasteiger charge is -2.34. The van der Waals surface area contributed by atoms with Crippen molar-refractivity contribution in [2.24, 2.45) is 0 Å². The Bertz CT molecular complexity index is 902. The van der Waals surface area contributed by atoms with Gasteiger partial charge in [0.1, 0.15) is 6.10 Å². The Hall–Kier alpha value is -2.71. The highest BCUT2D eigenvalue weighted by molar-refractivity contribution is 5.59. The van der Waals surface area contributed by atoms with Gasteiger partial charge in [0.05, 0.1) is 11.9 Å². The molecule has 0 N–H and O–H groups in total. The van der Waals surface area contributed by atoms with Crippen molar-refractivity contribution < 1.29 is 17.9 Å². The lowest BCUT2D eigenvalue weighted by Crippen LogP contribution is -2.43. The average Bonchev–Trinajstić information content (AvgIpc) is 2.97. The molecule has 0 bridgehead atoms. The molecule has 0 radical (unpaired) electrons. The molecule has 1 saturated carbocycles. The molecule has 3 heterocycles. The number of pyridine rings is 1. The molecular formula is C16H14F3N5O. The predicted molar refractivity (Wildman–Crippen MR) is 82.1 cm³/mol. The number of halogens is 3. The number of ether oxygens (including phenoxy) is 1. The van der Waals surface area contributed by atoms with Crippen LogP contribution in [0.15, 0.2) is 30.7 Å². The first kappa shape index (κ1) is 15.8. The van der Waals surface area contributed by atoms with Crippen LogP contribution in [-0.4, -0.2) is 36.6 Å². The van der Waals surface area contributed by atoms with Crippen LogP contribution in [0.4, 0.5) is 13.2 Å². The Morgan fingerprint density at radius 1 is 1.20 bits per heavy atom. The van der Waals surface area contributed by atoms with Crippen LogP contribution >= 0.6 is 0 Å². The molecule has 1 fully saturated rings. The van der Waals surface area contributed by atoms with Crippen LogP contribution in [-0.2, 0) is 0 Å². The van der Waals surface area contributed by atoms with Gasteiger partial charge in [-0.1, -0.05) is 0 Å². The van der Waals surface area contributed by atoms with Crippen molar-refractivity contribution in [2.75, 3.05) is 0 Å². The maximum Gasteiger partial charge on any atom is 0.255 e. The number of aromatic nitrogens is 5. The van der Waals surface area contributed by atoms with Gasteiger partial charge in [0.2, 0.25) is 5.88 Å². The summed E-state index contributed by atoms with van der Waals surface area (Å²) >= 11 is 0. The maximum absolute atomic E-state index is 13.6. The summed E-state index contributed by atoms with van der Waals surface area (Å²) in [4.78, 5) is 8.39. The number of rotatable bonds is 4. The van der Waals surface area contributed by atoms with Gasteiger partial charge < -0.3 is 4.74 Å². The first-order chi connectivity index (χ1) is 11.9. The van der Waals surface area contributed by atoms with E-state index in [9.17, 15) is 13.2 Å². The summed E-state index contributed by atoms with van der Waals surface area (Å²) in [5.41, 5.74) is 1.69. The molecule has 6 nitrogen and oxygen atoms in total. The Morgan fingerprint density at radius 3 is 2.64 bits per heavy atom. The van der Waals surface area contributed by atoms with Gasteiger partial charge >= 0.3 is 0 Å². The normalized spacial score (nSPS) is 18.1. The number of alkyl halides is 3. The molecule has 3 aromatic heterocycles. The van der Waals surface area contributed by atoms with E-state index in [1.165, 1.54) is 23.7 Å². The van der Waals surface area contributed by atoms with Crippen molar-refractivity contribution in [2.45, 2.75) is 38.0 Å². The largest absolute Gasteiger partial charge is 0.474 e. The van der Waals surface area contributed by atoms with Gasteiger partial charge in [0.25, 0.3) is 5.92 Å². The van der Waals surface area contributed by atoms with E-state index < -0.39 is 18.2 Å². The van der Waals surface area contributed by atoms with E-state index in [2.05, 4.69) is 20.2 Å². The van der Waals surface area contributed by atoms with E-state index in [-0.39, 0.29) is 24.5 Å². The van der Waals surface area contributed by atoms with Gasteiger partial charge in [-0.15, -0.1) is 10.2 Å². The van der Waals surface area contributed by atoms with Crippen molar-refractivity contribution in [1.82, 2.24) is 24.6 Å². The van der Waals surface area contributed by atoms with Crippen LogP contribution in [0.25, 0.3) is 16.9 Å². The quantitative estimate of drug-likeness (QED) is 0.722. The molecule has 4 rings (SSSR count). The number of hydrogen-bond donors (Lipinski definition) is 0. The molecule has 0 saturated heterocycles. The molecule has 1 aliphatic rings. The van der Waals surface area contributed by atoms with Gasteiger partial charge in [0, 0.05) is 36.9 Å². The van der Waals surface area contributed by atoms with Crippen molar-refractivity contribution in [3.8, 4) is 17.1 Å². The van der Waals surface area contributed by atoms with Crippen molar-refractivity contribution in [3.63, 3.8) is 0 Å². The average molecular weight is 349 g/mol. The lowest BCUT2D eigenvalue weighted by atomic mass is 9.91. The third-order valence-corrected chi connectivity index (χ3v) is 4.05. The first-order valence-corrected chi connectivity index (χ1v) is 7.77. The van der Waals surface area contributed by atoms with Gasteiger partial charge in [-0.3, -0.25) is 9.38 Å². The molecule has 0 aliphatic heterocycles. The number of fused-ring (bicyclic) bond motifs is 1. The van der Waals surface area contributed by atoms with Crippen LogP contribution in [0, 0.1) is 0 Å². The molecule has 25 heavy (non-hydrogen) atoms. The summed E-state index contributed by atoms with van der Waals surface area (Å²) in [7, 11) is 0. The van der Waals surface area contributed by atoms with Crippen molar-refractivity contribution in [3.05, 3.63) is 36.5 Å². The Kier molecular flexibility index (Phi) is 3.59. The summed E-state index contributed by atoms with van der Waals surface area (Å²) in [5, 5.41) is 7.67. The van der Waals surface area contributed by atoms with E-state index >= 15 is 0 Å². The van der Waals surface area contributed by atoms with Crippen LogP contribution < -0.4 is 4.74 Å². The zero-order chi connectivity index (χ0) is 17.6. The van der Waals surface area contributed by atoms with Crippen LogP contribution in [0.5, 0.6) is 5.88 Å². The zero-order valence-electron chi connectivity index (χ0n) is 13.2. The van der Waals surface area contributed by atoms with Crippen molar-refractivity contribution in [1.29, 1.82) is 0 Å². The van der Waals surface area contributed by atoms with Crippen molar-refractivity contribution >= 4 is 5.65 Å². The molecule has 0 aromatic carbocycles. The fraction of sp³-hybridized carbons (Fsp3) is 0.375. The molecule has 1 unspecified atom stereocenters. The fourth-order valence-corrected chi connectivity index (χ4v) is 2.70. The van der Waals surface area contributed by atoms with Gasteiger partial charge in [-0.25, -0.2) is 18.2 Å². The minimum absolute atomic E-state index is 0.192. The second-order valence-electron chi connectivity index (χ2n) is 6.06. The monoisotopic (exact) mass is 349 g/mol. The summed E-state index contributed by atoms with van der Waals surface area (Å²) in [5.74, 6) is -2.15. The molecule has 9 heteroatoms. The lowest BCUT2D eigenvalue weighted by molar-refractivity contribution is -0.135. The maximum atomic E-state index is 13.6. The molecule has 1 atom stereocenters. The highest BCUT2D eigenvalue weighted by Gasteiger charge is 2.47. The molecule has 130 valence electrons. The summed E-state index contributed by atoms with van der Waals surface area (Å²) in [6.45, 7) is 1.38. The minimum Gasteiger partial charge on any atom is -0.474 e. The summed E-state index contributed by atoms with van der Waals surface area (Å²) in [6, 6.07) is 3.32. The van der Waals surface area contributed by atoms with E-state index in [1.807, 2.05) is 0 Å². The summed E-state index contributed by atoms with van der Waals surface area (Å²) < 4.78 is 46.1. The van der Waals surface area contributed by atoms with Gasteiger partial charge in [-0.2, -0.15) is 0 Å². The van der Waals surface area contributed by atoms with Gasteiger partial charge in [0.15, 0.2) is 17.6 Å². The SMILES string of the molecule is CC(F)c1nnc2cnc(-c3ccc(OC4CC(F)(F)C4)nc3)cn12.